The molecule has 2 rings (SSSR count). The molecule has 92 valence electrons. The summed E-state index contributed by atoms with van der Waals surface area (Å²) in [6, 6.07) is 3.90. The summed E-state index contributed by atoms with van der Waals surface area (Å²) in [4.78, 5) is 11.8. The van der Waals surface area contributed by atoms with Gasteiger partial charge in [-0.25, -0.2) is 0 Å². The molecule has 0 aliphatic heterocycles. The van der Waals surface area contributed by atoms with Gasteiger partial charge in [0, 0.05) is 23.9 Å². The highest BCUT2D eigenvalue weighted by molar-refractivity contribution is 6.18. The van der Waals surface area contributed by atoms with Crippen LogP contribution in [0.4, 0.5) is 0 Å². The topological polar surface area (TPSA) is 69.6 Å². The number of alkyl halides is 1. The number of nitrogens with one attached hydrogen (secondary N) is 1. The number of carbonyl (C=O) groups is 1. The number of amides is 1. The fraction of sp³-hybridized carbons (Fsp3) is 0.417. The Kier molecular flexibility index (Phi) is 3.15. The molecule has 3 N–H and O–H groups in total. The highest BCUT2D eigenvalue weighted by Crippen LogP contribution is 2.45. The third-order valence-electron chi connectivity index (χ3n) is 3.09. The first-order valence-electron chi connectivity index (χ1n) is 5.42. The maximum absolute atomic E-state index is 11.8. The molecular formula is C12H14ClNO3. The van der Waals surface area contributed by atoms with Crippen molar-refractivity contribution in [2.24, 2.45) is 5.41 Å². The van der Waals surface area contributed by atoms with Crippen LogP contribution in [-0.4, -0.2) is 28.5 Å². The first-order valence-corrected chi connectivity index (χ1v) is 5.96. The van der Waals surface area contributed by atoms with Crippen LogP contribution in [0.5, 0.6) is 11.5 Å². The minimum absolute atomic E-state index is 0.0454. The molecule has 0 spiro atoms. The van der Waals surface area contributed by atoms with Crippen LogP contribution in [-0.2, 0) is 0 Å². The predicted octanol–water partition coefficient (Wildman–Crippen LogP) is 1.85. The highest BCUT2D eigenvalue weighted by Gasteiger charge is 2.41. The number of benzene rings is 1. The molecule has 1 saturated carbocycles. The Bertz CT molecular complexity index is 443. The van der Waals surface area contributed by atoms with Crippen LogP contribution >= 0.6 is 11.6 Å². The summed E-state index contributed by atoms with van der Waals surface area (Å²) in [5, 5.41) is 21.4. The normalized spacial score (nSPS) is 16.5. The Morgan fingerprint density at radius 1 is 1.41 bits per heavy atom. The van der Waals surface area contributed by atoms with Gasteiger partial charge in [0.15, 0.2) is 0 Å². The van der Waals surface area contributed by atoms with Crippen molar-refractivity contribution in [2.45, 2.75) is 12.8 Å². The van der Waals surface area contributed by atoms with Crippen LogP contribution in [0.1, 0.15) is 23.2 Å². The van der Waals surface area contributed by atoms with Crippen molar-refractivity contribution in [2.75, 3.05) is 12.4 Å². The van der Waals surface area contributed by atoms with Crippen LogP contribution < -0.4 is 5.32 Å². The van der Waals surface area contributed by atoms with Crippen LogP contribution in [0.15, 0.2) is 18.2 Å². The van der Waals surface area contributed by atoms with E-state index in [9.17, 15) is 9.90 Å². The summed E-state index contributed by atoms with van der Waals surface area (Å²) in [5.74, 6) is -0.106. The van der Waals surface area contributed by atoms with Gasteiger partial charge in [-0.05, 0) is 25.0 Å². The molecule has 0 aromatic heterocycles. The standard InChI is InChI=1S/C12H14ClNO3/c13-6-12(3-4-12)7-14-11(17)9-2-1-8(15)5-10(9)16/h1-2,5,15-16H,3-4,6-7H2,(H,14,17). The van der Waals surface area contributed by atoms with Crippen LogP contribution in [0.2, 0.25) is 0 Å². The monoisotopic (exact) mass is 255 g/mol. The number of hydrogen-bond acceptors (Lipinski definition) is 3. The largest absolute Gasteiger partial charge is 0.508 e. The molecule has 1 aliphatic carbocycles. The van der Waals surface area contributed by atoms with Gasteiger partial charge < -0.3 is 15.5 Å². The molecular weight excluding hydrogens is 242 g/mol. The van der Waals surface area contributed by atoms with Gasteiger partial charge in [-0.15, -0.1) is 11.6 Å². The molecule has 0 heterocycles. The number of aromatic hydroxyl groups is 2. The average Bonchev–Trinajstić information content (AvgIpc) is 3.07. The van der Waals surface area contributed by atoms with E-state index in [2.05, 4.69) is 5.32 Å². The van der Waals surface area contributed by atoms with E-state index < -0.39 is 0 Å². The predicted molar refractivity (Wildman–Crippen MR) is 64.5 cm³/mol. The van der Waals surface area contributed by atoms with Crippen molar-refractivity contribution in [3.8, 4) is 11.5 Å². The van der Waals surface area contributed by atoms with Crippen LogP contribution in [0, 0.1) is 5.41 Å². The van der Waals surface area contributed by atoms with E-state index >= 15 is 0 Å². The van der Waals surface area contributed by atoms with E-state index in [1.165, 1.54) is 12.1 Å². The molecule has 5 heteroatoms. The number of hydrogen-bond donors (Lipinski definition) is 3. The number of halogens is 1. The summed E-state index contributed by atoms with van der Waals surface area (Å²) >= 11 is 5.80. The number of phenolic OH excluding ortho intramolecular Hbond substituents is 2. The van der Waals surface area contributed by atoms with Crippen LogP contribution in [0.25, 0.3) is 0 Å². The second-order valence-corrected chi connectivity index (χ2v) is 4.79. The fourth-order valence-corrected chi connectivity index (χ4v) is 1.97. The van der Waals surface area contributed by atoms with E-state index in [1.54, 1.807) is 0 Å². The molecule has 0 atom stereocenters. The SMILES string of the molecule is O=C(NCC1(CCl)CC1)c1ccc(O)cc1O. The third-order valence-corrected chi connectivity index (χ3v) is 3.66. The Morgan fingerprint density at radius 3 is 2.65 bits per heavy atom. The summed E-state index contributed by atoms with van der Waals surface area (Å²) in [6.07, 6.45) is 2.05. The molecule has 1 aliphatic rings. The van der Waals surface area contributed by atoms with Crippen molar-refractivity contribution in [1.29, 1.82) is 0 Å². The average molecular weight is 256 g/mol. The van der Waals surface area contributed by atoms with Crippen molar-refractivity contribution in [3.63, 3.8) is 0 Å². The molecule has 0 unspecified atom stereocenters. The van der Waals surface area contributed by atoms with E-state index in [4.69, 9.17) is 16.7 Å². The van der Waals surface area contributed by atoms with Crippen molar-refractivity contribution in [3.05, 3.63) is 23.8 Å². The second kappa shape index (κ2) is 4.45. The Labute approximate surface area is 104 Å². The zero-order valence-electron chi connectivity index (χ0n) is 9.24. The van der Waals surface area contributed by atoms with E-state index in [-0.39, 0.29) is 28.4 Å². The smallest absolute Gasteiger partial charge is 0.255 e. The van der Waals surface area contributed by atoms with Gasteiger partial charge in [0.2, 0.25) is 0 Å². The molecule has 0 bridgehead atoms. The maximum atomic E-state index is 11.8. The van der Waals surface area contributed by atoms with E-state index in [0.29, 0.717) is 12.4 Å². The Morgan fingerprint density at radius 2 is 2.12 bits per heavy atom. The van der Waals surface area contributed by atoms with Gasteiger partial charge in [0.25, 0.3) is 5.91 Å². The van der Waals surface area contributed by atoms with Crippen molar-refractivity contribution in [1.82, 2.24) is 5.32 Å². The summed E-state index contributed by atoms with van der Waals surface area (Å²) in [6.45, 7) is 0.523. The van der Waals surface area contributed by atoms with Gasteiger partial charge in [0.05, 0.1) is 5.56 Å². The Balaban J connectivity index is 2.00. The first-order chi connectivity index (χ1) is 8.06. The first kappa shape index (κ1) is 12.0. The lowest BCUT2D eigenvalue weighted by Crippen LogP contribution is -2.31. The summed E-state index contributed by atoms with van der Waals surface area (Å²) < 4.78 is 0. The van der Waals surface area contributed by atoms with E-state index in [0.717, 1.165) is 18.9 Å². The lowest BCUT2D eigenvalue weighted by Gasteiger charge is -2.13. The van der Waals surface area contributed by atoms with Gasteiger partial charge >= 0.3 is 0 Å². The molecule has 0 radical (unpaired) electrons. The molecule has 0 saturated heterocycles. The van der Waals surface area contributed by atoms with Gasteiger partial charge in [-0.2, -0.15) is 0 Å². The number of carbonyl (C=O) groups excluding carboxylic acids is 1. The van der Waals surface area contributed by atoms with Crippen LogP contribution in [0.3, 0.4) is 0 Å². The number of phenols is 2. The zero-order valence-corrected chi connectivity index (χ0v) is 10.00. The quantitative estimate of drug-likeness (QED) is 0.719. The van der Waals surface area contributed by atoms with Crippen molar-refractivity contribution < 1.29 is 15.0 Å². The van der Waals surface area contributed by atoms with Gasteiger partial charge in [-0.1, -0.05) is 0 Å². The second-order valence-electron chi connectivity index (χ2n) is 4.52. The van der Waals surface area contributed by atoms with Gasteiger partial charge in [-0.3, -0.25) is 4.79 Å². The summed E-state index contributed by atoms with van der Waals surface area (Å²) in [7, 11) is 0. The minimum atomic E-state index is -0.348. The Hall–Kier alpha value is -1.42. The lowest BCUT2D eigenvalue weighted by molar-refractivity contribution is 0.0943. The summed E-state index contributed by atoms with van der Waals surface area (Å²) in [5.41, 5.74) is 0.206. The molecule has 4 nitrogen and oxygen atoms in total. The molecule has 1 amide bonds. The van der Waals surface area contributed by atoms with Gasteiger partial charge in [0.1, 0.15) is 11.5 Å². The molecule has 17 heavy (non-hydrogen) atoms. The van der Waals surface area contributed by atoms with E-state index in [1.807, 2.05) is 0 Å². The maximum Gasteiger partial charge on any atom is 0.255 e. The molecule has 1 fully saturated rings. The third kappa shape index (κ3) is 2.64. The zero-order chi connectivity index (χ0) is 12.5. The molecule has 1 aromatic rings. The molecule has 1 aromatic carbocycles. The fourth-order valence-electron chi connectivity index (χ4n) is 1.61. The number of rotatable bonds is 4. The lowest BCUT2D eigenvalue weighted by atomic mass is 10.1. The highest BCUT2D eigenvalue weighted by atomic mass is 35.5. The minimum Gasteiger partial charge on any atom is -0.508 e. The van der Waals surface area contributed by atoms with Crippen molar-refractivity contribution >= 4 is 17.5 Å².